The zero-order valence-electron chi connectivity index (χ0n) is 12.7. The van der Waals surface area contributed by atoms with E-state index >= 15 is 0 Å². The number of aliphatic carboxylic acids is 1. The van der Waals surface area contributed by atoms with Crippen LogP contribution in [0.25, 0.3) is 0 Å². The van der Waals surface area contributed by atoms with Crippen molar-refractivity contribution in [3.8, 4) is 0 Å². The Morgan fingerprint density at radius 3 is 2.42 bits per heavy atom. The average molecular weight is 334 g/mol. The molecule has 0 spiro atoms. The molecule has 0 aromatic heterocycles. The largest absolute Gasteiger partial charge is 0.569 e. The van der Waals surface area contributed by atoms with Crippen molar-refractivity contribution in [2.24, 2.45) is 5.28 Å². The maximum Gasteiger partial charge on any atom is 0.332 e. The van der Waals surface area contributed by atoms with Gasteiger partial charge in [-0.1, -0.05) is 12.1 Å². The predicted molar refractivity (Wildman–Crippen MR) is 76.3 cm³/mol. The molecule has 1 aromatic rings. The van der Waals surface area contributed by atoms with Crippen molar-refractivity contribution in [2.45, 2.75) is 25.6 Å². The number of benzene rings is 1. The number of carbonyl (C=O) groups is 3. The van der Waals surface area contributed by atoms with Gasteiger partial charge in [-0.25, -0.2) is 9.69 Å². The molecule has 3 rings (SSSR count). The number of hydrogen-bond donors (Lipinski definition) is 1. The second-order valence-corrected chi connectivity index (χ2v) is 5.37. The molecule has 1 fully saturated rings. The Kier molecular flexibility index (Phi) is 3.80. The fourth-order valence-corrected chi connectivity index (χ4v) is 2.57. The van der Waals surface area contributed by atoms with Crippen LogP contribution in [0.2, 0.25) is 0 Å². The lowest BCUT2D eigenvalue weighted by atomic mass is 10.1. The Morgan fingerprint density at radius 2 is 1.96 bits per heavy atom. The quantitative estimate of drug-likeness (QED) is 0.361. The van der Waals surface area contributed by atoms with E-state index in [1.165, 1.54) is 19.1 Å². The second-order valence-electron chi connectivity index (χ2n) is 5.37. The predicted octanol–water partition coefficient (Wildman–Crippen LogP) is 0.597. The lowest BCUT2D eigenvalue weighted by molar-refractivity contribution is -0.729. The summed E-state index contributed by atoms with van der Waals surface area (Å²) >= 11 is 0. The maximum atomic E-state index is 12.2. The van der Waals surface area contributed by atoms with Crippen LogP contribution in [0.4, 0.5) is 0 Å². The number of amides is 2. The van der Waals surface area contributed by atoms with Gasteiger partial charge in [0.15, 0.2) is 6.04 Å². The highest BCUT2D eigenvalue weighted by Gasteiger charge is 2.42. The molecule has 0 saturated carbocycles. The third kappa shape index (κ3) is 2.41. The van der Waals surface area contributed by atoms with Crippen molar-refractivity contribution < 1.29 is 29.3 Å². The molecule has 10 nitrogen and oxygen atoms in total. The lowest BCUT2D eigenvalue weighted by Gasteiger charge is -2.32. The molecular formula is C14H14N4O6. The minimum atomic E-state index is -1.13. The molecule has 0 aliphatic carbocycles. The summed E-state index contributed by atoms with van der Waals surface area (Å²) < 4.78 is 0. The number of rotatable bonds is 5. The summed E-state index contributed by atoms with van der Waals surface area (Å²) in [6, 6.07) is 5.37. The van der Waals surface area contributed by atoms with E-state index in [4.69, 9.17) is 9.94 Å². The van der Waals surface area contributed by atoms with E-state index in [1.807, 2.05) is 0 Å². The van der Waals surface area contributed by atoms with Crippen LogP contribution in [0.3, 0.4) is 0 Å². The van der Waals surface area contributed by atoms with Crippen molar-refractivity contribution >= 4 is 17.8 Å². The SMILES string of the molecule is CC(O/N=[N+](\[O-])N1CC[C@H]1C(=O)O)N1C(=O)c2ccccc2C1=O. The van der Waals surface area contributed by atoms with Gasteiger partial charge in [0.05, 0.1) is 22.6 Å². The average Bonchev–Trinajstić information content (AvgIpc) is 2.75. The molecule has 2 aliphatic rings. The van der Waals surface area contributed by atoms with Crippen LogP contribution in [0.1, 0.15) is 34.1 Å². The van der Waals surface area contributed by atoms with Gasteiger partial charge in [-0.15, -0.1) is 5.01 Å². The van der Waals surface area contributed by atoms with Crippen LogP contribution in [-0.2, 0) is 9.63 Å². The number of hydrogen-bond acceptors (Lipinski definition) is 6. The van der Waals surface area contributed by atoms with Crippen molar-refractivity contribution in [3.05, 3.63) is 40.6 Å². The fraction of sp³-hybridized carbons (Fsp3) is 0.357. The first-order valence-electron chi connectivity index (χ1n) is 7.22. The minimum absolute atomic E-state index is 0.0248. The third-order valence-corrected chi connectivity index (χ3v) is 3.95. The number of carbonyl (C=O) groups excluding carboxylic acids is 2. The van der Waals surface area contributed by atoms with Gasteiger partial charge in [0.2, 0.25) is 11.5 Å². The molecular weight excluding hydrogens is 320 g/mol. The first-order valence-corrected chi connectivity index (χ1v) is 7.22. The summed E-state index contributed by atoms with van der Waals surface area (Å²) in [5.41, 5.74) is 0.510. The summed E-state index contributed by atoms with van der Waals surface area (Å²) in [6.45, 7) is 1.62. The van der Waals surface area contributed by atoms with E-state index in [2.05, 4.69) is 5.28 Å². The molecule has 2 heterocycles. The first-order chi connectivity index (χ1) is 11.4. The van der Waals surface area contributed by atoms with Crippen molar-refractivity contribution in [2.75, 3.05) is 6.54 Å². The van der Waals surface area contributed by atoms with Gasteiger partial charge in [-0.3, -0.25) is 9.59 Å². The smallest absolute Gasteiger partial charge is 0.332 e. The van der Waals surface area contributed by atoms with Gasteiger partial charge >= 0.3 is 5.97 Å². The third-order valence-electron chi connectivity index (χ3n) is 3.95. The van der Waals surface area contributed by atoms with Crippen molar-refractivity contribution in [3.63, 3.8) is 0 Å². The number of hydrazine groups is 1. The van der Waals surface area contributed by atoms with Gasteiger partial charge in [0.25, 0.3) is 11.8 Å². The molecule has 0 radical (unpaired) electrons. The number of imide groups is 1. The first kappa shape index (κ1) is 15.7. The Balaban J connectivity index is 1.69. The molecule has 1 unspecified atom stereocenters. The lowest BCUT2D eigenvalue weighted by Crippen LogP contribution is -2.55. The molecule has 126 valence electrons. The van der Waals surface area contributed by atoms with Crippen LogP contribution >= 0.6 is 0 Å². The summed E-state index contributed by atoms with van der Waals surface area (Å²) in [5.74, 6) is -2.21. The van der Waals surface area contributed by atoms with Crippen LogP contribution in [-0.4, -0.2) is 56.6 Å². The topological polar surface area (TPSA) is 126 Å². The van der Waals surface area contributed by atoms with Gasteiger partial charge in [-0.2, -0.15) is 0 Å². The van der Waals surface area contributed by atoms with E-state index < -0.39 is 30.1 Å². The van der Waals surface area contributed by atoms with Gasteiger partial charge in [-0.05, 0) is 19.1 Å². The van der Waals surface area contributed by atoms with E-state index in [0.717, 1.165) is 9.91 Å². The monoisotopic (exact) mass is 334 g/mol. The van der Waals surface area contributed by atoms with Gasteiger partial charge in [0, 0.05) is 6.42 Å². The molecule has 1 saturated heterocycles. The Morgan fingerprint density at radius 1 is 1.38 bits per heavy atom. The van der Waals surface area contributed by atoms with Gasteiger partial charge in [0.1, 0.15) is 0 Å². The molecule has 24 heavy (non-hydrogen) atoms. The van der Waals surface area contributed by atoms with Crippen molar-refractivity contribution in [1.82, 2.24) is 9.91 Å². The minimum Gasteiger partial charge on any atom is -0.569 e. The van der Waals surface area contributed by atoms with Crippen LogP contribution in [0.5, 0.6) is 0 Å². The molecule has 1 N–H and O–H groups in total. The number of fused-ring (bicyclic) bond motifs is 1. The Hall–Kier alpha value is -3.17. The summed E-state index contributed by atoms with van der Waals surface area (Å²) in [6.07, 6.45) is -0.782. The summed E-state index contributed by atoms with van der Waals surface area (Å²) in [5, 5.41) is 24.8. The molecule has 10 heteroatoms. The van der Waals surface area contributed by atoms with Crippen LogP contribution in [0.15, 0.2) is 29.5 Å². The van der Waals surface area contributed by atoms with E-state index in [0.29, 0.717) is 6.42 Å². The maximum absolute atomic E-state index is 12.2. The van der Waals surface area contributed by atoms with Gasteiger partial charge < -0.3 is 15.2 Å². The van der Waals surface area contributed by atoms with Crippen LogP contribution < -0.4 is 0 Å². The highest BCUT2D eigenvalue weighted by Crippen LogP contribution is 2.25. The Labute approximate surface area is 136 Å². The molecule has 2 aliphatic heterocycles. The number of nitrogens with zero attached hydrogens (tertiary/aromatic N) is 4. The zero-order valence-corrected chi connectivity index (χ0v) is 12.7. The van der Waals surface area contributed by atoms with Crippen LogP contribution in [0, 0.1) is 5.21 Å². The zero-order chi connectivity index (χ0) is 17.4. The number of carboxylic acid groups (broad SMARTS) is 1. The van der Waals surface area contributed by atoms with Crippen molar-refractivity contribution in [1.29, 1.82) is 0 Å². The highest BCUT2D eigenvalue weighted by molar-refractivity contribution is 6.21. The molecule has 1 aromatic carbocycles. The Bertz CT molecular complexity index is 714. The van der Waals surface area contributed by atoms with E-state index in [-0.39, 0.29) is 22.6 Å². The van der Waals surface area contributed by atoms with E-state index in [1.54, 1.807) is 12.1 Å². The van der Waals surface area contributed by atoms with E-state index in [9.17, 15) is 19.6 Å². The number of carboxylic acids is 1. The summed E-state index contributed by atoms with van der Waals surface area (Å²) in [7, 11) is 0. The molecule has 2 amide bonds. The second kappa shape index (κ2) is 5.80. The highest BCUT2D eigenvalue weighted by atomic mass is 16.7. The molecule has 0 bridgehead atoms. The fourth-order valence-electron chi connectivity index (χ4n) is 2.57. The molecule has 2 atom stereocenters. The normalized spacial score (nSPS) is 21.4. The summed E-state index contributed by atoms with van der Waals surface area (Å²) in [4.78, 5) is 41.2. The standard InChI is InChI=1S/C14H14N4O6/c1-8(24-15-18(23)16-7-6-11(16)14(21)22)17-12(19)9-4-2-3-5-10(9)13(17)20/h2-5,8,11H,6-7H2,1H3,(H,21,22)/b18-15-/t8?,11-/m0/s1.